The number of fused-ring (bicyclic) bond motifs is 8. The topological polar surface area (TPSA) is 97.8 Å². The van der Waals surface area contributed by atoms with Gasteiger partial charge in [0.25, 0.3) is 0 Å². The minimum absolute atomic E-state index is 0.00188. The minimum atomic E-state index is -0.622. The number of allylic oxidation sites excluding steroid dienone is 2. The number of aldehydes is 1. The van der Waals surface area contributed by atoms with E-state index in [2.05, 4.69) is 36.5 Å². The minimum Gasteiger partial charge on any atom is -0.454 e. The molecule has 12 heteroatoms. The van der Waals surface area contributed by atoms with Crippen LogP contribution in [0.5, 0.6) is 11.5 Å². The summed E-state index contributed by atoms with van der Waals surface area (Å²) in [5, 5.41) is 18.1. The summed E-state index contributed by atoms with van der Waals surface area (Å²) in [7, 11) is 1.74. The van der Waals surface area contributed by atoms with Crippen LogP contribution in [0.1, 0.15) is 61.5 Å². The summed E-state index contributed by atoms with van der Waals surface area (Å²) in [5.74, 6) is 1.67. The van der Waals surface area contributed by atoms with Gasteiger partial charge < -0.3 is 20.3 Å². The highest BCUT2D eigenvalue weighted by atomic mass is 32.2. The van der Waals surface area contributed by atoms with Gasteiger partial charge in [0.15, 0.2) is 23.2 Å². The summed E-state index contributed by atoms with van der Waals surface area (Å²) in [5.41, 5.74) is 3.16. The summed E-state index contributed by atoms with van der Waals surface area (Å²) in [6.07, 6.45) is 15.9. The molecule has 0 fully saturated rings. The van der Waals surface area contributed by atoms with Crippen molar-refractivity contribution in [3.8, 4) is 22.9 Å². The Balaban J connectivity index is 1.30. The van der Waals surface area contributed by atoms with Gasteiger partial charge in [0.05, 0.1) is 16.5 Å². The number of hydrogen-bond acceptors (Lipinski definition) is 8. The van der Waals surface area contributed by atoms with Crippen LogP contribution in [0, 0.1) is 17.0 Å². The number of halogens is 2. The summed E-state index contributed by atoms with van der Waals surface area (Å²) in [4.78, 5) is 16.1. The lowest BCUT2D eigenvalue weighted by molar-refractivity contribution is -0.107. The zero-order chi connectivity index (χ0) is 37.7. The van der Waals surface area contributed by atoms with Crippen LogP contribution in [0.15, 0.2) is 85.2 Å². The van der Waals surface area contributed by atoms with E-state index in [4.69, 9.17) is 20.2 Å². The number of carbonyl (C=O) groups is 1. The molecule has 2 N–H and O–H groups in total. The van der Waals surface area contributed by atoms with Crippen LogP contribution < -0.4 is 10.1 Å². The normalized spacial score (nSPS) is 20.1. The summed E-state index contributed by atoms with van der Waals surface area (Å²) < 4.78 is 42.0. The number of nitrogens with one attached hydrogen (secondary N) is 2. The third kappa shape index (κ3) is 8.19. The Morgan fingerprint density at radius 2 is 2.04 bits per heavy atom. The molecule has 2 unspecified atom stereocenters. The lowest BCUT2D eigenvalue weighted by Crippen LogP contribution is -2.27. The highest BCUT2D eigenvalue weighted by molar-refractivity contribution is 7.99. The average molecular weight is 767 g/mol. The Hall–Kier alpha value is -4.68. The van der Waals surface area contributed by atoms with Gasteiger partial charge in [-0.2, -0.15) is 16.9 Å². The van der Waals surface area contributed by atoms with Gasteiger partial charge >= 0.3 is 0 Å². The van der Waals surface area contributed by atoms with Gasteiger partial charge in [-0.25, -0.2) is 18.4 Å². The van der Waals surface area contributed by atoms with E-state index < -0.39 is 17.0 Å². The van der Waals surface area contributed by atoms with Gasteiger partial charge in [-0.15, -0.1) is 0 Å². The van der Waals surface area contributed by atoms with Crippen LogP contribution in [-0.4, -0.2) is 54.0 Å². The van der Waals surface area contributed by atoms with Gasteiger partial charge in [-0.3, -0.25) is 3.97 Å². The predicted molar refractivity (Wildman–Crippen MR) is 216 cm³/mol. The largest absolute Gasteiger partial charge is 0.454 e. The number of ether oxygens (including phenoxy) is 1. The molecule has 2 aliphatic rings. The number of thioether (sulfide) groups is 1. The number of aromatic nitrogens is 4. The zero-order valence-electron chi connectivity index (χ0n) is 30.5. The molecule has 5 aromatic rings. The SMILES string of the molecule is Cn1nc2nc1-c1cc(ccc1F)Oc1c(F)cc3c(ccn3SC3C=CCCC3)c1CC(=N)/C=C\NCCSCCC2(C)c1cccc(CCC=O)c1. The molecule has 54 heavy (non-hydrogen) atoms. The molecule has 2 aromatic heterocycles. The second-order valence-corrected chi connectivity index (χ2v) is 16.4. The first-order valence-electron chi connectivity index (χ1n) is 18.4. The van der Waals surface area contributed by atoms with Crippen LogP contribution in [-0.2, 0) is 30.1 Å². The van der Waals surface area contributed by atoms with Gasteiger partial charge in [0.1, 0.15) is 17.9 Å². The second-order valence-electron chi connectivity index (χ2n) is 14.0. The molecule has 8 nitrogen and oxygen atoms in total. The Labute approximate surface area is 323 Å². The molecular formula is C42H44F2N6O2S2. The molecule has 280 valence electrons. The molecule has 3 aromatic carbocycles. The van der Waals surface area contributed by atoms with E-state index in [0.717, 1.165) is 53.6 Å². The Kier molecular flexibility index (Phi) is 11.7. The summed E-state index contributed by atoms with van der Waals surface area (Å²) in [6.45, 7) is 2.80. The molecule has 0 amide bonds. The first-order chi connectivity index (χ1) is 26.2. The molecule has 7 rings (SSSR count). The monoisotopic (exact) mass is 766 g/mol. The molecule has 1 aliphatic carbocycles. The highest BCUT2D eigenvalue weighted by Gasteiger charge is 2.34. The van der Waals surface area contributed by atoms with Crippen LogP contribution >= 0.6 is 23.7 Å². The molecule has 0 saturated heterocycles. The number of nitrogens with zero attached hydrogens (tertiary/aromatic N) is 4. The summed E-state index contributed by atoms with van der Waals surface area (Å²) >= 11 is 3.45. The maximum absolute atomic E-state index is 16.3. The lowest BCUT2D eigenvalue weighted by Gasteiger charge is -2.28. The molecule has 1 aliphatic heterocycles. The van der Waals surface area contributed by atoms with Crippen molar-refractivity contribution < 1.29 is 18.3 Å². The highest BCUT2D eigenvalue weighted by Crippen LogP contribution is 2.40. The quantitative estimate of drug-likeness (QED) is 0.131. The molecule has 0 radical (unpaired) electrons. The van der Waals surface area contributed by atoms with Gasteiger partial charge in [-0.1, -0.05) is 36.4 Å². The third-order valence-electron chi connectivity index (χ3n) is 10.1. The lowest BCUT2D eigenvalue weighted by atomic mass is 9.78. The van der Waals surface area contributed by atoms with Crippen molar-refractivity contribution in [1.29, 1.82) is 5.41 Å². The van der Waals surface area contributed by atoms with E-state index in [9.17, 15) is 4.79 Å². The van der Waals surface area contributed by atoms with E-state index in [1.807, 2.05) is 28.4 Å². The van der Waals surface area contributed by atoms with Crippen molar-refractivity contribution in [3.05, 3.63) is 119 Å². The first-order valence-corrected chi connectivity index (χ1v) is 20.4. The number of carbonyl (C=O) groups excluding carboxylic acids is 1. The molecule has 3 heterocycles. The Morgan fingerprint density at radius 1 is 1.15 bits per heavy atom. The maximum Gasteiger partial charge on any atom is 0.168 e. The van der Waals surface area contributed by atoms with E-state index in [1.54, 1.807) is 47.7 Å². The molecule has 2 atom stereocenters. The number of benzene rings is 3. The smallest absolute Gasteiger partial charge is 0.168 e. The van der Waals surface area contributed by atoms with Crippen molar-refractivity contribution in [2.24, 2.45) is 7.05 Å². The van der Waals surface area contributed by atoms with E-state index in [1.165, 1.54) is 24.3 Å². The molecular weight excluding hydrogens is 723 g/mol. The van der Waals surface area contributed by atoms with Gasteiger partial charge in [0.2, 0.25) is 0 Å². The van der Waals surface area contributed by atoms with Crippen LogP contribution in [0.4, 0.5) is 8.78 Å². The van der Waals surface area contributed by atoms with E-state index in [0.29, 0.717) is 48.5 Å². The number of aryl methyl sites for hydroxylation is 2. The second kappa shape index (κ2) is 16.8. The van der Waals surface area contributed by atoms with Gasteiger partial charge in [-0.05, 0) is 104 Å². The maximum atomic E-state index is 16.3. The Bertz CT molecular complexity index is 2230. The van der Waals surface area contributed by atoms with Crippen molar-refractivity contribution >= 4 is 46.6 Å². The van der Waals surface area contributed by atoms with E-state index in [-0.39, 0.29) is 34.4 Å². The van der Waals surface area contributed by atoms with Crippen molar-refractivity contribution in [3.63, 3.8) is 0 Å². The first kappa shape index (κ1) is 37.6. The Morgan fingerprint density at radius 3 is 2.87 bits per heavy atom. The fraction of sp³-hybridized carbons (Fsp3) is 0.333. The summed E-state index contributed by atoms with van der Waals surface area (Å²) in [6, 6.07) is 15.9. The van der Waals surface area contributed by atoms with Crippen LogP contribution in [0.3, 0.4) is 0 Å². The van der Waals surface area contributed by atoms with Crippen LogP contribution in [0.2, 0.25) is 0 Å². The van der Waals surface area contributed by atoms with Crippen molar-refractivity contribution in [1.82, 2.24) is 24.1 Å². The van der Waals surface area contributed by atoms with Crippen molar-refractivity contribution in [2.75, 3.05) is 18.1 Å². The van der Waals surface area contributed by atoms with Crippen molar-refractivity contribution in [2.45, 2.75) is 62.5 Å². The number of rotatable bonds is 6. The third-order valence-corrected chi connectivity index (χ3v) is 12.3. The fourth-order valence-electron chi connectivity index (χ4n) is 7.06. The standard InChI is InChI=1S/C42H44F2N6O2S2/c1-42(29-10-6-8-28(24-29)9-7-21-51)17-22-53-23-19-46-18-15-30(45)25-34-33-16-20-50(54-32-11-4-3-5-12-32)38(33)27-37(44)39(34)52-31-13-14-36(43)35(26-31)40-47-41(42)48-49(40)2/h4,6,8,10-11,13-16,18,20-21,24,26-27,32,45-46H,3,5,7,9,12,17,19,22-23,25H2,1-2H3/b18-15-,45-30?. The molecule has 0 spiro atoms. The zero-order valence-corrected chi connectivity index (χ0v) is 32.1. The molecule has 4 bridgehead atoms. The van der Waals surface area contributed by atoms with E-state index >= 15 is 8.78 Å². The average Bonchev–Trinajstić information content (AvgIpc) is 3.76. The van der Waals surface area contributed by atoms with Crippen LogP contribution in [0.25, 0.3) is 22.3 Å². The predicted octanol–water partition coefficient (Wildman–Crippen LogP) is 9.35. The van der Waals surface area contributed by atoms with Gasteiger partial charge in [0, 0.05) is 66.4 Å². The number of hydrogen-bond donors (Lipinski definition) is 2. The molecule has 0 saturated carbocycles. The fourth-order valence-corrected chi connectivity index (χ4v) is 9.22.